The second-order valence-electron chi connectivity index (χ2n) is 9.30. The van der Waals surface area contributed by atoms with Crippen LogP contribution in [0.4, 0.5) is 5.82 Å². The van der Waals surface area contributed by atoms with Crippen LogP contribution in [0.3, 0.4) is 0 Å². The number of ether oxygens (including phenoxy) is 3. The number of hydrogen-bond acceptors (Lipinski definition) is 9. The minimum absolute atomic E-state index is 0.0517. The van der Waals surface area contributed by atoms with Gasteiger partial charge in [-0.25, -0.2) is 22.7 Å². The summed E-state index contributed by atoms with van der Waals surface area (Å²) in [6.45, 7) is 1.88. The third-order valence-electron chi connectivity index (χ3n) is 6.51. The van der Waals surface area contributed by atoms with E-state index in [4.69, 9.17) is 19.9 Å². The maximum absolute atomic E-state index is 12.8. The molecule has 2 aromatic heterocycles. The van der Waals surface area contributed by atoms with Crippen molar-refractivity contribution in [2.24, 2.45) is 5.73 Å². The van der Waals surface area contributed by atoms with Crippen molar-refractivity contribution >= 4 is 21.7 Å². The van der Waals surface area contributed by atoms with Crippen molar-refractivity contribution in [2.45, 2.75) is 30.3 Å². The van der Waals surface area contributed by atoms with Crippen LogP contribution >= 0.6 is 0 Å². The molecule has 5 rings (SSSR count). The molecular formula is C26H29N5O6S. The Labute approximate surface area is 221 Å². The average molecular weight is 540 g/mol. The van der Waals surface area contributed by atoms with Crippen LogP contribution < -0.4 is 24.8 Å². The van der Waals surface area contributed by atoms with Gasteiger partial charge in [-0.3, -0.25) is 4.79 Å². The maximum Gasteiger partial charge on any atom is 0.267 e. The number of carbonyl (C=O) groups excluding carboxylic acids is 1. The lowest BCUT2D eigenvalue weighted by Crippen LogP contribution is -2.39. The number of sulfonamides is 1. The van der Waals surface area contributed by atoms with Crippen molar-refractivity contribution in [1.82, 2.24) is 14.3 Å². The first-order valence-corrected chi connectivity index (χ1v) is 13.7. The Bertz CT molecular complexity index is 1440. The highest BCUT2D eigenvalue weighted by molar-refractivity contribution is 7.89. The van der Waals surface area contributed by atoms with E-state index in [9.17, 15) is 13.2 Å². The summed E-state index contributed by atoms with van der Waals surface area (Å²) in [7, 11) is -0.747. The predicted octanol–water partition coefficient (Wildman–Crippen LogP) is 2.60. The molecule has 0 atom stereocenters. The molecule has 2 N–H and O–H groups in total. The first kappa shape index (κ1) is 25.7. The van der Waals surface area contributed by atoms with Gasteiger partial charge in [-0.05, 0) is 30.3 Å². The molecule has 0 unspecified atom stereocenters. The van der Waals surface area contributed by atoms with Gasteiger partial charge in [0.25, 0.3) is 5.91 Å². The molecule has 0 bridgehead atoms. The molecule has 3 aromatic rings. The summed E-state index contributed by atoms with van der Waals surface area (Å²) in [4.78, 5) is 21.9. The highest BCUT2D eigenvalue weighted by Crippen LogP contribution is 2.37. The molecule has 38 heavy (non-hydrogen) atoms. The lowest BCUT2D eigenvalue weighted by molar-refractivity contribution is 0.0995. The predicted molar refractivity (Wildman–Crippen MR) is 139 cm³/mol. The van der Waals surface area contributed by atoms with Crippen LogP contribution in [-0.4, -0.2) is 68.5 Å². The molecule has 0 aliphatic carbocycles. The number of fused-ring (bicyclic) bond motifs is 1. The number of pyridine rings is 2. The minimum atomic E-state index is -3.70. The van der Waals surface area contributed by atoms with E-state index in [1.807, 2.05) is 12.1 Å². The van der Waals surface area contributed by atoms with Crippen LogP contribution in [0, 0.1) is 0 Å². The molecular weight excluding hydrogens is 510 g/mol. The van der Waals surface area contributed by atoms with Gasteiger partial charge in [0.2, 0.25) is 10.0 Å². The Hall–Kier alpha value is -3.90. The number of benzene rings is 1. The van der Waals surface area contributed by atoms with E-state index in [0.29, 0.717) is 55.6 Å². The highest BCUT2D eigenvalue weighted by atomic mass is 32.2. The standard InChI is InChI=1S/C26H29N5O6S/c1-30(2)38(33,34)21-14-24(37-19-4-6-23-17(13-19)9-12-35-23)26(29-16-21)31-10-7-18(8-11-31)36-20-3-5-22(25(27)32)28-15-20/h3-6,13-16,18H,7-12H2,1-2H3,(H2,27,32). The van der Waals surface area contributed by atoms with Gasteiger partial charge < -0.3 is 24.8 Å². The van der Waals surface area contributed by atoms with E-state index in [0.717, 1.165) is 22.0 Å². The summed E-state index contributed by atoms with van der Waals surface area (Å²) >= 11 is 0. The number of primary amides is 1. The second kappa shape index (κ2) is 10.5. The lowest BCUT2D eigenvalue weighted by Gasteiger charge is -2.33. The van der Waals surface area contributed by atoms with E-state index in [-0.39, 0.29) is 16.7 Å². The molecule has 1 fully saturated rings. The fraction of sp³-hybridized carbons (Fsp3) is 0.346. The van der Waals surface area contributed by atoms with E-state index < -0.39 is 15.9 Å². The van der Waals surface area contributed by atoms with E-state index in [2.05, 4.69) is 14.9 Å². The monoisotopic (exact) mass is 539 g/mol. The van der Waals surface area contributed by atoms with Gasteiger partial charge in [-0.15, -0.1) is 0 Å². The molecule has 0 saturated carbocycles. The Morgan fingerprint density at radius 3 is 2.53 bits per heavy atom. The van der Waals surface area contributed by atoms with Crippen LogP contribution in [0.2, 0.25) is 0 Å². The third kappa shape index (κ3) is 5.36. The molecule has 2 aliphatic heterocycles. The van der Waals surface area contributed by atoms with Gasteiger partial charge in [0.05, 0.1) is 12.8 Å². The first-order valence-electron chi connectivity index (χ1n) is 12.2. The molecule has 4 heterocycles. The van der Waals surface area contributed by atoms with E-state index in [1.165, 1.54) is 38.6 Å². The normalized spacial score (nSPS) is 15.7. The summed E-state index contributed by atoms with van der Waals surface area (Å²) in [6.07, 6.45) is 5.00. The van der Waals surface area contributed by atoms with Gasteiger partial charge in [-0.2, -0.15) is 0 Å². The highest BCUT2D eigenvalue weighted by Gasteiger charge is 2.27. The van der Waals surface area contributed by atoms with Crippen LogP contribution in [0.1, 0.15) is 28.9 Å². The number of aromatic nitrogens is 2. The molecule has 1 saturated heterocycles. The molecule has 0 radical (unpaired) electrons. The molecule has 1 amide bonds. The fourth-order valence-electron chi connectivity index (χ4n) is 4.41. The van der Waals surface area contributed by atoms with Crippen molar-refractivity contribution in [3.8, 4) is 23.0 Å². The smallest absolute Gasteiger partial charge is 0.267 e. The first-order chi connectivity index (χ1) is 18.2. The number of nitrogens with zero attached hydrogens (tertiary/aromatic N) is 4. The number of amides is 1. The third-order valence-corrected chi connectivity index (χ3v) is 8.29. The topological polar surface area (TPSA) is 137 Å². The largest absolute Gasteiger partial charge is 0.493 e. The summed E-state index contributed by atoms with van der Waals surface area (Å²) in [6, 6.07) is 10.3. The SMILES string of the molecule is CN(C)S(=O)(=O)c1cnc(N2CCC(Oc3ccc(C(N)=O)nc3)CC2)c(Oc2ccc3c(c2)CCO3)c1. The Morgan fingerprint density at radius 2 is 1.84 bits per heavy atom. The van der Waals surface area contributed by atoms with E-state index in [1.54, 1.807) is 12.1 Å². The summed E-state index contributed by atoms with van der Waals surface area (Å²) in [5.74, 6) is 2.31. The average Bonchev–Trinajstić information content (AvgIpc) is 3.37. The second-order valence-corrected chi connectivity index (χ2v) is 11.4. The molecule has 1 aromatic carbocycles. The zero-order valence-corrected chi connectivity index (χ0v) is 22.0. The molecule has 200 valence electrons. The Morgan fingerprint density at radius 1 is 1.08 bits per heavy atom. The Balaban J connectivity index is 1.35. The summed E-state index contributed by atoms with van der Waals surface area (Å²) < 4.78 is 44.6. The molecule has 2 aliphatic rings. The number of hydrogen-bond donors (Lipinski definition) is 1. The van der Waals surface area contributed by atoms with Crippen LogP contribution in [0.25, 0.3) is 0 Å². The number of rotatable bonds is 8. The van der Waals surface area contributed by atoms with Crippen LogP contribution in [0.15, 0.2) is 53.7 Å². The van der Waals surface area contributed by atoms with Gasteiger partial charge >= 0.3 is 0 Å². The van der Waals surface area contributed by atoms with Crippen molar-refractivity contribution in [3.63, 3.8) is 0 Å². The minimum Gasteiger partial charge on any atom is -0.493 e. The molecule has 0 spiro atoms. The Kier molecular flexibility index (Phi) is 7.09. The lowest BCUT2D eigenvalue weighted by atomic mass is 10.1. The molecule has 11 nitrogen and oxygen atoms in total. The quantitative estimate of drug-likeness (QED) is 0.458. The fourth-order valence-corrected chi connectivity index (χ4v) is 5.27. The van der Waals surface area contributed by atoms with Gasteiger partial charge in [0.15, 0.2) is 11.6 Å². The summed E-state index contributed by atoms with van der Waals surface area (Å²) in [5.41, 5.74) is 6.47. The zero-order chi connectivity index (χ0) is 26.9. The van der Waals surface area contributed by atoms with Crippen molar-refractivity contribution in [3.05, 3.63) is 60.0 Å². The van der Waals surface area contributed by atoms with Crippen molar-refractivity contribution in [1.29, 1.82) is 0 Å². The van der Waals surface area contributed by atoms with Gasteiger partial charge in [0, 0.05) is 64.3 Å². The zero-order valence-electron chi connectivity index (χ0n) is 21.2. The number of carbonyl (C=O) groups is 1. The number of anilines is 1. The van der Waals surface area contributed by atoms with Crippen LogP contribution in [-0.2, 0) is 16.4 Å². The number of piperidine rings is 1. The summed E-state index contributed by atoms with van der Waals surface area (Å²) in [5, 5.41) is 0. The van der Waals surface area contributed by atoms with E-state index >= 15 is 0 Å². The van der Waals surface area contributed by atoms with Crippen molar-refractivity contribution < 1.29 is 27.4 Å². The van der Waals surface area contributed by atoms with Crippen molar-refractivity contribution in [2.75, 3.05) is 38.7 Å². The van der Waals surface area contributed by atoms with Crippen LogP contribution in [0.5, 0.6) is 23.0 Å². The van der Waals surface area contributed by atoms with Gasteiger partial charge in [0.1, 0.15) is 33.9 Å². The van der Waals surface area contributed by atoms with Gasteiger partial charge in [-0.1, -0.05) is 0 Å². The molecule has 12 heteroatoms. The maximum atomic E-state index is 12.8. The number of nitrogens with two attached hydrogens (primary N) is 1.